The van der Waals surface area contributed by atoms with Crippen LogP contribution in [0.25, 0.3) is 0 Å². The van der Waals surface area contributed by atoms with Gasteiger partial charge in [0.1, 0.15) is 5.88 Å². The van der Waals surface area contributed by atoms with Crippen LogP contribution in [0.1, 0.15) is 35.6 Å². The van der Waals surface area contributed by atoms with Gasteiger partial charge in [0.15, 0.2) is 0 Å². The van der Waals surface area contributed by atoms with Crippen molar-refractivity contribution in [2.24, 2.45) is 0 Å². The van der Waals surface area contributed by atoms with Crippen LogP contribution in [0, 0.1) is 0 Å². The molecule has 0 aliphatic carbocycles. The van der Waals surface area contributed by atoms with E-state index in [1.165, 1.54) is 0 Å². The van der Waals surface area contributed by atoms with Crippen molar-refractivity contribution in [3.63, 3.8) is 0 Å². The molecule has 0 fully saturated rings. The monoisotopic (exact) mass is 395 g/mol. The number of hydrogen-bond acceptors (Lipinski definition) is 1. The van der Waals surface area contributed by atoms with E-state index >= 15 is 0 Å². The molecule has 1 aromatic carbocycles. The average Bonchev–Trinajstić information content (AvgIpc) is 2.27. The van der Waals surface area contributed by atoms with Crippen molar-refractivity contribution in [3.05, 3.63) is 29.3 Å². The molecule has 0 radical (unpaired) electrons. The lowest BCUT2D eigenvalue weighted by molar-refractivity contribution is -0.113. The van der Waals surface area contributed by atoms with Crippen LogP contribution in [0.3, 0.4) is 0 Å². The molecule has 5 heteroatoms. The fourth-order valence-corrected chi connectivity index (χ4v) is 2.52. The third-order valence-corrected chi connectivity index (χ3v) is 3.75. The molecular weight excluding hydrogens is 381 g/mol. The lowest BCUT2D eigenvalue weighted by atomic mass is 9.84. The number of para-hydroxylation sites is 1. The van der Waals surface area contributed by atoms with Crippen LogP contribution in [0.15, 0.2) is 18.2 Å². The fraction of sp³-hybridized carbons (Fsp3) is 0.462. The van der Waals surface area contributed by atoms with Crippen LogP contribution >= 0.6 is 43.5 Å². The Balaban J connectivity index is 3.34. The Morgan fingerprint density at radius 3 is 2.44 bits per heavy atom. The minimum Gasteiger partial charge on any atom is -0.324 e. The van der Waals surface area contributed by atoms with Gasteiger partial charge in [-0.05, 0) is 11.0 Å². The number of alkyl halides is 3. The van der Waals surface area contributed by atoms with Crippen molar-refractivity contribution < 1.29 is 4.79 Å². The number of benzene rings is 1. The summed E-state index contributed by atoms with van der Waals surface area (Å²) in [5.74, 6) is -0.247. The molecule has 0 unspecified atom stereocenters. The van der Waals surface area contributed by atoms with Crippen molar-refractivity contribution in [2.75, 3.05) is 11.2 Å². The van der Waals surface area contributed by atoms with Crippen LogP contribution in [0.5, 0.6) is 0 Å². The van der Waals surface area contributed by atoms with Crippen molar-refractivity contribution in [2.45, 2.75) is 29.9 Å². The van der Waals surface area contributed by atoms with E-state index in [0.29, 0.717) is 0 Å². The zero-order chi connectivity index (χ0) is 13.9. The molecular formula is C13H16Br2ClNO. The summed E-state index contributed by atoms with van der Waals surface area (Å²) in [6, 6.07) is 5.98. The summed E-state index contributed by atoms with van der Waals surface area (Å²) in [5, 5.41) is 2.89. The average molecular weight is 398 g/mol. The maximum atomic E-state index is 11.6. The van der Waals surface area contributed by atoms with E-state index in [-0.39, 0.29) is 20.9 Å². The Hall–Kier alpha value is -0.0600. The first-order valence-electron chi connectivity index (χ1n) is 5.54. The van der Waals surface area contributed by atoms with Crippen molar-refractivity contribution in [1.29, 1.82) is 0 Å². The number of hydrogen-bond donors (Lipinski definition) is 1. The van der Waals surface area contributed by atoms with Gasteiger partial charge in [0.2, 0.25) is 5.91 Å². The molecule has 0 atom stereocenters. The molecule has 1 aromatic rings. The number of amides is 1. The van der Waals surface area contributed by atoms with E-state index in [0.717, 1.165) is 16.8 Å². The summed E-state index contributed by atoms with van der Waals surface area (Å²) in [4.78, 5) is 11.6. The molecule has 0 heterocycles. The Kier molecular flexibility index (Phi) is 5.68. The molecule has 0 saturated carbocycles. The Bertz CT molecular complexity index is 441. The van der Waals surface area contributed by atoms with Crippen molar-refractivity contribution in [1.82, 2.24) is 0 Å². The zero-order valence-electron chi connectivity index (χ0n) is 10.6. The Morgan fingerprint density at radius 2 is 2.00 bits per heavy atom. The number of rotatable bonds is 3. The second-order valence-corrected chi connectivity index (χ2v) is 8.33. The zero-order valence-corrected chi connectivity index (χ0v) is 14.5. The van der Waals surface area contributed by atoms with Crippen molar-refractivity contribution in [3.8, 4) is 0 Å². The third-order valence-electron chi connectivity index (χ3n) is 2.53. The van der Waals surface area contributed by atoms with Gasteiger partial charge in [0, 0.05) is 11.3 Å². The van der Waals surface area contributed by atoms with E-state index in [1.807, 2.05) is 18.2 Å². The minimum absolute atomic E-state index is 0.0158. The predicted molar refractivity (Wildman–Crippen MR) is 85.1 cm³/mol. The molecule has 0 aromatic heterocycles. The summed E-state index contributed by atoms with van der Waals surface area (Å²) in [6.45, 7) is 6.33. The molecule has 1 N–H and O–H groups in total. The largest absolute Gasteiger partial charge is 0.324 e. The number of nitrogens with one attached hydrogen (secondary N) is 1. The molecule has 0 aliphatic heterocycles. The highest BCUT2D eigenvalue weighted by atomic mass is 79.9. The molecule has 0 aliphatic rings. The van der Waals surface area contributed by atoms with E-state index in [1.54, 1.807) is 0 Å². The van der Waals surface area contributed by atoms with Crippen LogP contribution in [-0.4, -0.2) is 11.8 Å². The molecule has 100 valence electrons. The van der Waals surface area contributed by atoms with E-state index < -0.39 is 0 Å². The van der Waals surface area contributed by atoms with Crippen LogP contribution in [0.2, 0.25) is 0 Å². The topological polar surface area (TPSA) is 29.1 Å². The number of halogens is 3. The Labute approximate surface area is 130 Å². The van der Waals surface area contributed by atoms with Gasteiger partial charge in [-0.15, -0.1) is 11.6 Å². The van der Waals surface area contributed by atoms with Crippen LogP contribution in [0.4, 0.5) is 5.69 Å². The summed E-state index contributed by atoms with van der Waals surface area (Å²) >= 11 is 12.5. The highest BCUT2D eigenvalue weighted by molar-refractivity contribution is 9.24. The summed E-state index contributed by atoms with van der Waals surface area (Å²) in [5.41, 5.74) is 2.84. The third kappa shape index (κ3) is 3.97. The quantitative estimate of drug-likeness (QED) is 0.719. The summed E-state index contributed by atoms with van der Waals surface area (Å²) in [7, 11) is 0. The fourth-order valence-electron chi connectivity index (χ4n) is 1.69. The number of carbonyl (C=O) groups is 1. The minimum atomic E-state index is -0.199. The van der Waals surface area contributed by atoms with Gasteiger partial charge in [-0.2, -0.15) is 0 Å². The molecule has 1 amide bonds. The SMILES string of the molecule is CC(C)(C)c1cccc(C(Br)Br)c1NC(=O)CCl. The Morgan fingerprint density at radius 1 is 1.39 bits per heavy atom. The lowest BCUT2D eigenvalue weighted by Gasteiger charge is -2.25. The first-order chi connectivity index (χ1) is 8.27. The summed E-state index contributed by atoms with van der Waals surface area (Å²) < 4.78 is -0.0158. The van der Waals surface area contributed by atoms with Gasteiger partial charge < -0.3 is 5.32 Å². The number of anilines is 1. The van der Waals surface area contributed by atoms with Gasteiger partial charge in [-0.1, -0.05) is 70.8 Å². The standard InChI is InChI=1S/C13H16Br2ClNO/c1-13(2,3)9-6-4-5-8(12(14)15)11(9)17-10(18)7-16/h4-6,12H,7H2,1-3H3,(H,17,18). The van der Waals surface area contributed by atoms with Gasteiger partial charge >= 0.3 is 0 Å². The predicted octanol–water partition coefficient (Wildman–Crippen LogP) is 4.95. The second-order valence-electron chi connectivity index (χ2n) is 5.00. The normalized spacial score (nSPS) is 11.7. The van der Waals surface area contributed by atoms with Crippen LogP contribution in [-0.2, 0) is 10.2 Å². The maximum Gasteiger partial charge on any atom is 0.239 e. The number of carbonyl (C=O) groups excluding carboxylic acids is 1. The molecule has 0 bridgehead atoms. The van der Waals surface area contributed by atoms with Gasteiger partial charge in [-0.3, -0.25) is 4.79 Å². The first kappa shape index (κ1) is 16.0. The first-order valence-corrected chi connectivity index (χ1v) is 7.91. The van der Waals surface area contributed by atoms with Crippen LogP contribution < -0.4 is 5.32 Å². The molecule has 18 heavy (non-hydrogen) atoms. The van der Waals surface area contributed by atoms with E-state index in [4.69, 9.17) is 11.6 Å². The van der Waals surface area contributed by atoms with Gasteiger partial charge in [-0.25, -0.2) is 0 Å². The van der Waals surface area contributed by atoms with E-state index in [9.17, 15) is 4.79 Å². The molecule has 2 nitrogen and oxygen atoms in total. The second kappa shape index (κ2) is 6.40. The molecule has 1 rings (SSSR count). The maximum absolute atomic E-state index is 11.6. The highest BCUT2D eigenvalue weighted by Gasteiger charge is 2.22. The smallest absolute Gasteiger partial charge is 0.239 e. The molecule has 0 spiro atoms. The van der Waals surface area contributed by atoms with Gasteiger partial charge in [0.05, 0.1) is 3.74 Å². The lowest BCUT2D eigenvalue weighted by Crippen LogP contribution is -2.20. The van der Waals surface area contributed by atoms with Gasteiger partial charge in [0.25, 0.3) is 0 Å². The highest BCUT2D eigenvalue weighted by Crippen LogP contribution is 2.40. The summed E-state index contributed by atoms with van der Waals surface area (Å²) in [6.07, 6.45) is 0. The molecule has 0 saturated heterocycles. The van der Waals surface area contributed by atoms with E-state index in [2.05, 4.69) is 57.9 Å². The van der Waals surface area contributed by atoms with Crippen molar-refractivity contribution >= 4 is 55.1 Å².